The Morgan fingerprint density at radius 1 is 0.833 bits per heavy atom. The SMILES string of the molecule is Cc1cc([S+](c2ccccc2C)C(F)(F)F)ccc1SC(F)(F)F. The highest BCUT2D eigenvalue weighted by Gasteiger charge is 2.55. The molecule has 0 aliphatic heterocycles. The standard InChI is InChI=1S/C16H13F6S2/c1-10-5-3-4-6-14(10)24(16(20,21)22)12-7-8-13(11(2)9-12)23-15(17,18)19/h3-9H,1-2H3/q+1. The lowest BCUT2D eigenvalue weighted by Gasteiger charge is -2.14. The largest absolute Gasteiger partial charge is 0.586 e. The third-order valence-corrected chi connectivity index (χ3v) is 6.15. The zero-order valence-electron chi connectivity index (χ0n) is 12.6. The zero-order valence-corrected chi connectivity index (χ0v) is 14.3. The van der Waals surface area contributed by atoms with Crippen LogP contribution in [0.2, 0.25) is 0 Å². The van der Waals surface area contributed by atoms with Crippen LogP contribution in [0.15, 0.2) is 57.2 Å². The fourth-order valence-electron chi connectivity index (χ4n) is 2.16. The van der Waals surface area contributed by atoms with Crippen molar-refractivity contribution >= 4 is 22.7 Å². The Morgan fingerprint density at radius 2 is 1.46 bits per heavy atom. The summed E-state index contributed by atoms with van der Waals surface area (Å²) in [7, 11) is -2.21. The summed E-state index contributed by atoms with van der Waals surface area (Å²) in [5, 5.41) is 0. The summed E-state index contributed by atoms with van der Waals surface area (Å²) in [6.45, 7) is 2.97. The first kappa shape index (κ1) is 19.1. The van der Waals surface area contributed by atoms with E-state index < -0.39 is 21.9 Å². The maximum atomic E-state index is 13.6. The molecule has 1 unspecified atom stereocenters. The fourth-order valence-corrected chi connectivity index (χ4v) is 4.64. The van der Waals surface area contributed by atoms with Crippen molar-refractivity contribution in [1.29, 1.82) is 0 Å². The van der Waals surface area contributed by atoms with Crippen LogP contribution in [0.3, 0.4) is 0 Å². The Morgan fingerprint density at radius 3 is 1.96 bits per heavy atom. The second-order valence-corrected chi connectivity index (χ2v) is 8.09. The van der Waals surface area contributed by atoms with E-state index >= 15 is 0 Å². The van der Waals surface area contributed by atoms with Crippen LogP contribution in [0, 0.1) is 13.8 Å². The molecule has 2 aromatic rings. The molecule has 2 rings (SSSR count). The average Bonchev–Trinajstić information content (AvgIpc) is 2.41. The fraction of sp³-hybridized carbons (Fsp3) is 0.250. The molecular weight excluding hydrogens is 370 g/mol. The first-order chi connectivity index (χ1) is 11.0. The number of hydrogen-bond acceptors (Lipinski definition) is 1. The van der Waals surface area contributed by atoms with Gasteiger partial charge in [-0.1, -0.05) is 18.2 Å². The van der Waals surface area contributed by atoms with Gasteiger partial charge in [0.1, 0.15) is 0 Å². The minimum Gasteiger partial charge on any atom is -0.160 e. The van der Waals surface area contributed by atoms with Gasteiger partial charge in [-0.05, 0) is 55.4 Å². The summed E-state index contributed by atoms with van der Waals surface area (Å²) in [6.07, 6.45) is 0. The molecule has 130 valence electrons. The van der Waals surface area contributed by atoms with Crippen LogP contribution in [-0.2, 0) is 10.9 Å². The van der Waals surface area contributed by atoms with Crippen LogP contribution >= 0.6 is 11.8 Å². The van der Waals surface area contributed by atoms with Gasteiger partial charge in [-0.25, -0.2) is 0 Å². The number of alkyl halides is 6. The lowest BCUT2D eigenvalue weighted by molar-refractivity contribution is -0.0373. The lowest BCUT2D eigenvalue weighted by Crippen LogP contribution is -2.25. The summed E-state index contributed by atoms with van der Waals surface area (Å²) in [5.74, 6) is 0. The van der Waals surface area contributed by atoms with Crippen molar-refractivity contribution < 1.29 is 26.3 Å². The van der Waals surface area contributed by atoms with E-state index in [4.69, 9.17) is 0 Å². The molecule has 0 amide bonds. The molecule has 0 N–H and O–H groups in total. The molecule has 0 radical (unpaired) electrons. The normalized spacial score (nSPS) is 13.8. The van der Waals surface area contributed by atoms with E-state index in [0.29, 0.717) is 5.56 Å². The van der Waals surface area contributed by atoms with E-state index in [9.17, 15) is 26.3 Å². The van der Waals surface area contributed by atoms with Crippen molar-refractivity contribution in [3.8, 4) is 0 Å². The Hall–Kier alpha value is -1.28. The molecule has 0 saturated heterocycles. The maximum absolute atomic E-state index is 13.6. The predicted octanol–water partition coefficient (Wildman–Crippen LogP) is 6.47. The Balaban J connectivity index is 2.49. The van der Waals surface area contributed by atoms with E-state index in [-0.39, 0.29) is 32.0 Å². The Bertz CT molecular complexity index is 721. The molecule has 0 fully saturated rings. The number of aryl methyl sites for hydroxylation is 2. The molecule has 2 aromatic carbocycles. The van der Waals surface area contributed by atoms with Gasteiger partial charge in [-0.15, -0.1) is 13.2 Å². The highest BCUT2D eigenvalue weighted by Crippen LogP contribution is 2.43. The minimum atomic E-state index is -4.52. The van der Waals surface area contributed by atoms with Crippen molar-refractivity contribution in [2.45, 2.75) is 39.6 Å². The van der Waals surface area contributed by atoms with Crippen LogP contribution in [-0.4, -0.2) is 11.0 Å². The van der Waals surface area contributed by atoms with Crippen molar-refractivity contribution in [3.63, 3.8) is 0 Å². The van der Waals surface area contributed by atoms with Crippen LogP contribution in [0.4, 0.5) is 26.3 Å². The van der Waals surface area contributed by atoms with Crippen molar-refractivity contribution in [1.82, 2.24) is 0 Å². The minimum absolute atomic E-state index is 0.0409. The average molecular weight is 383 g/mol. The summed E-state index contributed by atoms with van der Waals surface area (Å²) in [4.78, 5) is -0.0109. The lowest BCUT2D eigenvalue weighted by atomic mass is 10.2. The molecule has 8 heteroatoms. The van der Waals surface area contributed by atoms with Crippen LogP contribution in [0.1, 0.15) is 11.1 Å². The maximum Gasteiger partial charge on any atom is 0.586 e. The van der Waals surface area contributed by atoms with E-state index in [0.717, 1.165) is 12.1 Å². The molecule has 0 heterocycles. The van der Waals surface area contributed by atoms with E-state index in [1.807, 2.05) is 0 Å². The number of thioether (sulfide) groups is 1. The Labute approximate surface area is 142 Å². The van der Waals surface area contributed by atoms with Gasteiger partial charge in [0.25, 0.3) is 0 Å². The van der Waals surface area contributed by atoms with Gasteiger partial charge >= 0.3 is 11.0 Å². The first-order valence-corrected chi connectivity index (χ1v) is 8.76. The van der Waals surface area contributed by atoms with Gasteiger partial charge in [0.05, 0.1) is 0 Å². The highest BCUT2D eigenvalue weighted by atomic mass is 32.2. The van der Waals surface area contributed by atoms with Crippen LogP contribution < -0.4 is 0 Å². The number of halogens is 6. The Kier molecular flexibility index (Phi) is 5.49. The van der Waals surface area contributed by atoms with Crippen LogP contribution in [0.25, 0.3) is 0 Å². The molecule has 0 saturated carbocycles. The molecule has 1 atom stereocenters. The molecule has 0 nitrogen and oxygen atoms in total. The second kappa shape index (κ2) is 6.92. The molecular formula is C16H13F6S2+. The van der Waals surface area contributed by atoms with Crippen molar-refractivity contribution in [3.05, 3.63) is 53.6 Å². The monoisotopic (exact) mass is 383 g/mol. The summed E-state index contributed by atoms with van der Waals surface area (Å²) < 4.78 is 78.2. The van der Waals surface area contributed by atoms with Gasteiger partial charge in [0.2, 0.25) is 0 Å². The molecule has 0 aliphatic carbocycles. The molecule has 0 aliphatic rings. The van der Waals surface area contributed by atoms with Gasteiger partial charge in [-0.2, -0.15) is 13.2 Å². The van der Waals surface area contributed by atoms with Crippen molar-refractivity contribution in [2.75, 3.05) is 0 Å². The van der Waals surface area contributed by atoms with Gasteiger partial charge in [0, 0.05) is 10.5 Å². The number of benzene rings is 2. The quantitative estimate of drug-likeness (QED) is 0.332. The molecule has 0 spiro atoms. The zero-order chi connectivity index (χ0) is 18.1. The van der Waals surface area contributed by atoms with Gasteiger partial charge in [-0.3, -0.25) is 0 Å². The topological polar surface area (TPSA) is 0 Å². The second-order valence-electron chi connectivity index (χ2n) is 4.99. The van der Waals surface area contributed by atoms with Gasteiger partial charge in [0.15, 0.2) is 20.7 Å². The summed E-state index contributed by atoms with van der Waals surface area (Å²) in [5.41, 5.74) is -8.33. The van der Waals surface area contributed by atoms with Crippen molar-refractivity contribution in [2.24, 2.45) is 0 Å². The summed E-state index contributed by atoms with van der Waals surface area (Å²) >= 11 is -0.324. The predicted molar refractivity (Wildman–Crippen MR) is 84.2 cm³/mol. The number of hydrogen-bond donors (Lipinski definition) is 0. The number of rotatable bonds is 3. The molecule has 0 bridgehead atoms. The third kappa shape index (κ3) is 4.63. The van der Waals surface area contributed by atoms with Gasteiger partial charge < -0.3 is 0 Å². The highest BCUT2D eigenvalue weighted by molar-refractivity contribution is 8.00. The van der Waals surface area contributed by atoms with E-state index in [2.05, 4.69) is 0 Å². The first-order valence-electron chi connectivity index (χ1n) is 6.72. The summed E-state index contributed by atoms with van der Waals surface area (Å²) in [6, 6.07) is 9.58. The van der Waals surface area contributed by atoms with Crippen LogP contribution in [0.5, 0.6) is 0 Å². The van der Waals surface area contributed by atoms with E-state index in [1.165, 1.54) is 25.1 Å². The molecule has 0 aromatic heterocycles. The third-order valence-electron chi connectivity index (χ3n) is 3.15. The van der Waals surface area contributed by atoms with E-state index in [1.54, 1.807) is 19.1 Å². The smallest absolute Gasteiger partial charge is 0.160 e. The molecule has 24 heavy (non-hydrogen) atoms.